The number of aryl methyl sites for hydroxylation is 1. The number of halogens is 1. The average molecular weight is 305 g/mol. The molecule has 1 aromatic rings. The Morgan fingerprint density at radius 3 is 3.00 bits per heavy atom. The van der Waals surface area contributed by atoms with Gasteiger partial charge in [0.25, 0.3) is 0 Å². The third-order valence-electron chi connectivity index (χ3n) is 4.70. The van der Waals surface area contributed by atoms with Crippen molar-refractivity contribution in [3.05, 3.63) is 29.6 Å². The smallest absolute Gasteiger partial charge is 0.224 e. The molecule has 3 rings (SSSR count). The van der Waals surface area contributed by atoms with E-state index in [9.17, 15) is 9.18 Å². The van der Waals surface area contributed by atoms with Crippen molar-refractivity contribution in [2.45, 2.75) is 32.2 Å². The van der Waals surface area contributed by atoms with Crippen molar-refractivity contribution in [2.24, 2.45) is 5.92 Å². The summed E-state index contributed by atoms with van der Waals surface area (Å²) in [6.45, 7) is 5.43. The Morgan fingerprint density at radius 2 is 2.27 bits per heavy atom. The van der Waals surface area contributed by atoms with Gasteiger partial charge in [-0.25, -0.2) is 4.39 Å². The minimum absolute atomic E-state index is 0.114. The van der Waals surface area contributed by atoms with Crippen LogP contribution in [0.4, 0.5) is 10.1 Å². The molecule has 2 aliphatic heterocycles. The number of amides is 1. The van der Waals surface area contributed by atoms with Gasteiger partial charge < -0.3 is 15.5 Å². The Bertz CT molecular complexity index is 543. The fourth-order valence-electron chi connectivity index (χ4n) is 3.48. The molecule has 5 heteroatoms. The monoisotopic (exact) mass is 305 g/mol. The summed E-state index contributed by atoms with van der Waals surface area (Å²) in [5, 5.41) is 6.43. The maximum absolute atomic E-state index is 13.3. The van der Waals surface area contributed by atoms with Crippen molar-refractivity contribution in [1.29, 1.82) is 0 Å². The molecule has 0 aliphatic carbocycles. The van der Waals surface area contributed by atoms with Gasteiger partial charge in [-0.2, -0.15) is 0 Å². The van der Waals surface area contributed by atoms with E-state index in [4.69, 9.17) is 0 Å². The lowest BCUT2D eigenvalue weighted by atomic mass is 10.0. The first-order valence-electron chi connectivity index (χ1n) is 8.15. The van der Waals surface area contributed by atoms with E-state index in [-0.39, 0.29) is 23.7 Å². The van der Waals surface area contributed by atoms with Crippen molar-refractivity contribution in [2.75, 3.05) is 31.1 Å². The van der Waals surface area contributed by atoms with Gasteiger partial charge in [-0.15, -0.1) is 0 Å². The number of benzene rings is 1. The van der Waals surface area contributed by atoms with Crippen LogP contribution in [0.1, 0.15) is 24.8 Å². The molecule has 4 nitrogen and oxygen atoms in total. The summed E-state index contributed by atoms with van der Waals surface area (Å²) >= 11 is 0. The SMILES string of the molecule is Cc1cc(F)ccc1N1CCCC(NC(=O)C2CCNC2)C1. The van der Waals surface area contributed by atoms with Gasteiger partial charge in [0.1, 0.15) is 5.82 Å². The minimum atomic E-state index is -0.197. The van der Waals surface area contributed by atoms with Gasteiger partial charge in [0.05, 0.1) is 5.92 Å². The van der Waals surface area contributed by atoms with Crippen LogP contribution in [0.15, 0.2) is 18.2 Å². The molecular weight excluding hydrogens is 281 g/mol. The molecule has 0 aromatic heterocycles. The fraction of sp³-hybridized carbons (Fsp3) is 0.588. The Kier molecular flexibility index (Phi) is 4.62. The summed E-state index contributed by atoms with van der Waals surface area (Å²) < 4.78 is 13.3. The molecule has 0 bridgehead atoms. The van der Waals surface area contributed by atoms with Crippen LogP contribution < -0.4 is 15.5 Å². The zero-order valence-electron chi connectivity index (χ0n) is 13.1. The number of nitrogens with one attached hydrogen (secondary N) is 2. The van der Waals surface area contributed by atoms with Crippen LogP contribution in [0.5, 0.6) is 0 Å². The largest absolute Gasteiger partial charge is 0.369 e. The zero-order chi connectivity index (χ0) is 15.5. The minimum Gasteiger partial charge on any atom is -0.369 e. The topological polar surface area (TPSA) is 44.4 Å². The van der Waals surface area contributed by atoms with Gasteiger partial charge >= 0.3 is 0 Å². The molecule has 2 unspecified atom stereocenters. The normalized spacial score (nSPS) is 25.3. The van der Waals surface area contributed by atoms with Crippen molar-refractivity contribution in [1.82, 2.24) is 10.6 Å². The van der Waals surface area contributed by atoms with E-state index in [1.165, 1.54) is 6.07 Å². The van der Waals surface area contributed by atoms with Crippen LogP contribution in [0, 0.1) is 18.7 Å². The second-order valence-electron chi connectivity index (χ2n) is 6.41. The average Bonchev–Trinajstić information content (AvgIpc) is 3.02. The molecule has 0 radical (unpaired) electrons. The van der Waals surface area contributed by atoms with Crippen LogP contribution >= 0.6 is 0 Å². The van der Waals surface area contributed by atoms with Crippen molar-refractivity contribution in [3.8, 4) is 0 Å². The third-order valence-corrected chi connectivity index (χ3v) is 4.70. The fourth-order valence-corrected chi connectivity index (χ4v) is 3.48. The lowest BCUT2D eigenvalue weighted by Crippen LogP contribution is -2.49. The lowest BCUT2D eigenvalue weighted by molar-refractivity contribution is -0.125. The van der Waals surface area contributed by atoms with E-state index in [1.54, 1.807) is 6.07 Å². The molecule has 2 fully saturated rings. The van der Waals surface area contributed by atoms with Crippen LogP contribution in [-0.4, -0.2) is 38.1 Å². The molecule has 2 aliphatic rings. The standard InChI is InChI=1S/C17H24FN3O/c1-12-9-14(18)4-5-16(12)21-8-2-3-15(11-21)20-17(22)13-6-7-19-10-13/h4-5,9,13,15,19H,2-3,6-8,10-11H2,1H3,(H,20,22). The van der Waals surface area contributed by atoms with E-state index in [1.807, 2.05) is 13.0 Å². The first-order chi connectivity index (χ1) is 10.6. The van der Waals surface area contributed by atoms with Gasteiger partial charge in [0.2, 0.25) is 5.91 Å². The van der Waals surface area contributed by atoms with Gasteiger partial charge in [-0.3, -0.25) is 4.79 Å². The molecule has 22 heavy (non-hydrogen) atoms. The number of nitrogens with zero attached hydrogens (tertiary/aromatic N) is 1. The maximum atomic E-state index is 13.3. The molecule has 0 spiro atoms. The number of piperidine rings is 1. The summed E-state index contributed by atoms with van der Waals surface area (Å²) in [5.74, 6) is 0.0902. The third kappa shape index (κ3) is 3.40. The molecule has 120 valence electrons. The van der Waals surface area contributed by atoms with Crippen molar-refractivity contribution >= 4 is 11.6 Å². The van der Waals surface area contributed by atoms with E-state index in [0.717, 1.165) is 56.7 Å². The number of rotatable bonds is 3. The summed E-state index contributed by atoms with van der Waals surface area (Å²) in [7, 11) is 0. The zero-order valence-corrected chi connectivity index (χ0v) is 13.1. The van der Waals surface area contributed by atoms with E-state index in [2.05, 4.69) is 15.5 Å². The summed E-state index contributed by atoms with van der Waals surface area (Å²) in [6, 6.07) is 5.11. The van der Waals surface area contributed by atoms with Crippen LogP contribution in [0.2, 0.25) is 0 Å². The molecule has 1 aromatic carbocycles. The Hall–Kier alpha value is -1.62. The number of carbonyl (C=O) groups is 1. The highest BCUT2D eigenvalue weighted by Gasteiger charge is 2.27. The molecule has 1 amide bonds. The van der Waals surface area contributed by atoms with Gasteiger partial charge in [0.15, 0.2) is 0 Å². The first kappa shape index (κ1) is 15.3. The molecule has 2 saturated heterocycles. The van der Waals surface area contributed by atoms with Crippen LogP contribution in [0.25, 0.3) is 0 Å². The van der Waals surface area contributed by atoms with Gasteiger partial charge in [-0.1, -0.05) is 0 Å². The molecular formula is C17H24FN3O. The first-order valence-corrected chi connectivity index (χ1v) is 8.15. The highest BCUT2D eigenvalue weighted by atomic mass is 19.1. The summed E-state index contributed by atoms with van der Waals surface area (Å²) in [6.07, 6.45) is 2.99. The van der Waals surface area contributed by atoms with E-state index < -0.39 is 0 Å². The highest BCUT2D eigenvalue weighted by Crippen LogP contribution is 2.24. The second-order valence-corrected chi connectivity index (χ2v) is 6.41. The molecule has 2 heterocycles. The number of carbonyl (C=O) groups excluding carboxylic acids is 1. The predicted molar refractivity (Wildman–Crippen MR) is 85.5 cm³/mol. The molecule has 2 atom stereocenters. The van der Waals surface area contributed by atoms with E-state index >= 15 is 0 Å². The van der Waals surface area contributed by atoms with Crippen molar-refractivity contribution in [3.63, 3.8) is 0 Å². The number of anilines is 1. The summed E-state index contributed by atoms with van der Waals surface area (Å²) in [4.78, 5) is 14.5. The number of hydrogen-bond donors (Lipinski definition) is 2. The number of hydrogen-bond acceptors (Lipinski definition) is 3. The van der Waals surface area contributed by atoms with Crippen LogP contribution in [-0.2, 0) is 4.79 Å². The molecule has 2 N–H and O–H groups in total. The Labute approximate surface area is 131 Å². The maximum Gasteiger partial charge on any atom is 0.224 e. The van der Waals surface area contributed by atoms with Crippen molar-refractivity contribution < 1.29 is 9.18 Å². The lowest BCUT2D eigenvalue weighted by Gasteiger charge is -2.36. The predicted octanol–water partition coefficient (Wildman–Crippen LogP) is 1.83. The Balaban J connectivity index is 1.62. The van der Waals surface area contributed by atoms with E-state index in [0.29, 0.717) is 0 Å². The van der Waals surface area contributed by atoms with Crippen LogP contribution in [0.3, 0.4) is 0 Å². The second kappa shape index (κ2) is 6.65. The highest BCUT2D eigenvalue weighted by molar-refractivity contribution is 5.79. The summed E-state index contributed by atoms with van der Waals surface area (Å²) in [5.41, 5.74) is 2.02. The molecule has 0 saturated carbocycles. The van der Waals surface area contributed by atoms with Gasteiger partial charge in [0, 0.05) is 31.4 Å². The Morgan fingerprint density at radius 1 is 1.41 bits per heavy atom. The quantitative estimate of drug-likeness (QED) is 0.895. The van der Waals surface area contributed by atoms with Gasteiger partial charge in [-0.05, 0) is 56.5 Å².